The summed E-state index contributed by atoms with van der Waals surface area (Å²) in [6.45, 7) is 3.85. The molecule has 142 valence electrons. The summed E-state index contributed by atoms with van der Waals surface area (Å²) in [4.78, 5) is 35.2. The quantitative estimate of drug-likeness (QED) is 0.780. The maximum atomic E-state index is 12.4. The molecule has 2 N–H and O–H groups in total. The first-order valence-corrected chi connectivity index (χ1v) is 9.03. The van der Waals surface area contributed by atoms with Gasteiger partial charge in [-0.2, -0.15) is 0 Å². The zero-order valence-electron chi connectivity index (χ0n) is 14.8. The number of carbonyl (C=O) groups is 3. The van der Waals surface area contributed by atoms with Crippen molar-refractivity contribution < 1.29 is 24.6 Å². The van der Waals surface area contributed by atoms with E-state index in [1.54, 1.807) is 0 Å². The number of hydrogen-bond acceptors (Lipinski definition) is 4. The molecule has 0 bridgehead atoms. The predicted molar refractivity (Wildman–Crippen MR) is 96.1 cm³/mol. The zero-order valence-corrected chi connectivity index (χ0v) is 14.8. The smallest absolute Gasteiger partial charge is 0.414 e. The molecule has 3 rings (SSSR count). The van der Waals surface area contributed by atoms with Crippen molar-refractivity contribution >= 4 is 17.8 Å². The summed E-state index contributed by atoms with van der Waals surface area (Å²) in [5.41, 5.74) is 0.818. The van der Waals surface area contributed by atoms with Crippen LogP contribution < -0.4 is 0 Å². The summed E-state index contributed by atoms with van der Waals surface area (Å²) >= 11 is 0. The normalized spacial score (nSPS) is 18.5. The van der Waals surface area contributed by atoms with Gasteiger partial charge in [0, 0.05) is 37.8 Å². The van der Waals surface area contributed by atoms with Crippen molar-refractivity contribution in [3.8, 4) is 0 Å². The molecule has 0 spiro atoms. The first kappa shape index (κ1) is 19.9. The first-order valence-electron chi connectivity index (χ1n) is 9.03. The maximum absolute atomic E-state index is 12.4. The number of rotatable bonds is 2. The minimum atomic E-state index is -1.82. The minimum Gasteiger partial charge on any atom is -0.473 e. The van der Waals surface area contributed by atoms with E-state index < -0.39 is 11.9 Å². The molecule has 26 heavy (non-hydrogen) atoms. The standard InChI is InChI=1S/C17H24N2O.C2H2O4/c20-17(15-7-3-1-4-8-15)19-13-11-18(12-14-19)16-9-5-2-6-10-16;3-1(4)2(5)6/h1,3-4,7-8,16H,2,5-6,9-14H2;(H,3,4)(H,5,6). The Morgan fingerprint density at radius 1 is 0.808 bits per heavy atom. The summed E-state index contributed by atoms with van der Waals surface area (Å²) in [5.74, 6) is -3.46. The third-order valence-electron chi connectivity index (χ3n) is 4.90. The van der Waals surface area contributed by atoms with E-state index in [1.807, 2.05) is 35.2 Å². The van der Waals surface area contributed by atoms with Gasteiger partial charge in [-0.1, -0.05) is 37.5 Å². The van der Waals surface area contributed by atoms with Gasteiger partial charge in [0.2, 0.25) is 0 Å². The van der Waals surface area contributed by atoms with Crippen LogP contribution in [0.1, 0.15) is 42.5 Å². The second-order valence-electron chi connectivity index (χ2n) is 6.60. The first-order chi connectivity index (χ1) is 12.5. The van der Waals surface area contributed by atoms with Crippen LogP contribution in [0.3, 0.4) is 0 Å². The van der Waals surface area contributed by atoms with Gasteiger partial charge >= 0.3 is 11.9 Å². The summed E-state index contributed by atoms with van der Waals surface area (Å²) in [6, 6.07) is 10.4. The van der Waals surface area contributed by atoms with Gasteiger partial charge in [-0.25, -0.2) is 9.59 Å². The Balaban J connectivity index is 0.000000352. The lowest BCUT2D eigenvalue weighted by molar-refractivity contribution is -0.159. The van der Waals surface area contributed by atoms with Gasteiger partial charge in [-0.3, -0.25) is 9.69 Å². The molecule has 1 aliphatic heterocycles. The molecule has 2 fully saturated rings. The van der Waals surface area contributed by atoms with Crippen molar-refractivity contribution in [1.82, 2.24) is 9.80 Å². The molecular weight excluding hydrogens is 336 g/mol. The number of amides is 1. The summed E-state index contributed by atoms with van der Waals surface area (Å²) in [5, 5.41) is 14.8. The molecule has 0 atom stereocenters. The molecule has 1 aliphatic carbocycles. The fraction of sp³-hybridized carbons (Fsp3) is 0.526. The van der Waals surface area contributed by atoms with E-state index in [1.165, 1.54) is 32.1 Å². The topological polar surface area (TPSA) is 98.1 Å². The molecule has 1 aromatic rings. The Hall–Kier alpha value is -2.41. The van der Waals surface area contributed by atoms with E-state index in [4.69, 9.17) is 19.8 Å². The highest BCUT2D eigenvalue weighted by Crippen LogP contribution is 2.23. The molecule has 2 aliphatic rings. The lowest BCUT2D eigenvalue weighted by Crippen LogP contribution is -2.52. The SMILES string of the molecule is O=C(O)C(=O)O.O=C(c1ccccc1)N1CCN(C2CCCCC2)CC1. The Bertz CT molecular complexity index is 594. The highest BCUT2D eigenvalue weighted by atomic mass is 16.4. The summed E-state index contributed by atoms with van der Waals surface area (Å²) < 4.78 is 0. The van der Waals surface area contributed by atoms with E-state index in [0.29, 0.717) is 0 Å². The van der Waals surface area contributed by atoms with Crippen LogP contribution >= 0.6 is 0 Å². The number of benzene rings is 1. The van der Waals surface area contributed by atoms with Crippen LogP contribution in [-0.4, -0.2) is 70.1 Å². The number of aliphatic carboxylic acids is 2. The van der Waals surface area contributed by atoms with Gasteiger partial charge in [-0.05, 0) is 25.0 Å². The number of nitrogens with zero attached hydrogens (tertiary/aromatic N) is 2. The summed E-state index contributed by atoms with van der Waals surface area (Å²) in [6.07, 6.45) is 6.88. The second kappa shape index (κ2) is 9.91. The van der Waals surface area contributed by atoms with Crippen LogP contribution in [0.25, 0.3) is 0 Å². The fourth-order valence-corrected chi connectivity index (χ4v) is 3.50. The minimum absolute atomic E-state index is 0.189. The number of piperazine rings is 1. The second-order valence-corrected chi connectivity index (χ2v) is 6.60. The maximum Gasteiger partial charge on any atom is 0.414 e. The molecule has 0 unspecified atom stereocenters. The molecule has 0 radical (unpaired) electrons. The van der Waals surface area contributed by atoms with Crippen molar-refractivity contribution in [2.75, 3.05) is 26.2 Å². The molecule has 7 heteroatoms. The molecule has 1 heterocycles. The molecule has 7 nitrogen and oxygen atoms in total. The van der Waals surface area contributed by atoms with Crippen LogP contribution in [0.4, 0.5) is 0 Å². The fourth-order valence-electron chi connectivity index (χ4n) is 3.50. The van der Waals surface area contributed by atoms with Gasteiger partial charge in [0.05, 0.1) is 0 Å². The van der Waals surface area contributed by atoms with Crippen molar-refractivity contribution in [3.63, 3.8) is 0 Å². The Morgan fingerprint density at radius 2 is 1.35 bits per heavy atom. The van der Waals surface area contributed by atoms with E-state index >= 15 is 0 Å². The lowest BCUT2D eigenvalue weighted by Gasteiger charge is -2.40. The van der Waals surface area contributed by atoms with Crippen LogP contribution in [0, 0.1) is 0 Å². The van der Waals surface area contributed by atoms with E-state index in [2.05, 4.69) is 4.90 Å². The van der Waals surface area contributed by atoms with Gasteiger partial charge in [-0.15, -0.1) is 0 Å². The highest BCUT2D eigenvalue weighted by Gasteiger charge is 2.27. The predicted octanol–water partition coefficient (Wildman–Crippen LogP) is 1.93. The molecule has 1 saturated carbocycles. The lowest BCUT2D eigenvalue weighted by atomic mass is 9.94. The average Bonchev–Trinajstić information content (AvgIpc) is 2.69. The molecule has 0 aromatic heterocycles. The molecular formula is C19H26N2O5. The van der Waals surface area contributed by atoms with Gasteiger partial charge in [0.1, 0.15) is 0 Å². The van der Waals surface area contributed by atoms with Crippen LogP contribution in [0.2, 0.25) is 0 Å². The third-order valence-corrected chi connectivity index (χ3v) is 4.90. The van der Waals surface area contributed by atoms with Crippen LogP contribution in [0.15, 0.2) is 30.3 Å². The van der Waals surface area contributed by atoms with Crippen molar-refractivity contribution in [2.45, 2.75) is 38.1 Å². The summed E-state index contributed by atoms with van der Waals surface area (Å²) in [7, 11) is 0. The molecule has 1 amide bonds. The average molecular weight is 362 g/mol. The highest BCUT2D eigenvalue weighted by molar-refractivity contribution is 6.27. The number of carbonyl (C=O) groups excluding carboxylic acids is 1. The molecule has 1 aromatic carbocycles. The third kappa shape index (κ3) is 5.84. The monoisotopic (exact) mass is 362 g/mol. The Morgan fingerprint density at radius 3 is 1.85 bits per heavy atom. The van der Waals surface area contributed by atoms with Crippen molar-refractivity contribution in [2.24, 2.45) is 0 Å². The van der Waals surface area contributed by atoms with Crippen LogP contribution in [0.5, 0.6) is 0 Å². The Labute approximate surface area is 153 Å². The van der Waals surface area contributed by atoms with E-state index in [-0.39, 0.29) is 5.91 Å². The van der Waals surface area contributed by atoms with Gasteiger partial charge in [0.25, 0.3) is 5.91 Å². The van der Waals surface area contributed by atoms with Crippen LogP contribution in [-0.2, 0) is 9.59 Å². The number of carboxylic acid groups (broad SMARTS) is 2. The van der Waals surface area contributed by atoms with E-state index in [9.17, 15) is 4.79 Å². The largest absolute Gasteiger partial charge is 0.473 e. The number of hydrogen-bond donors (Lipinski definition) is 2. The van der Waals surface area contributed by atoms with Crippen molar-refractivity contribution in [1.29, 1.82) is 0 Å². The van der Waals surface area contributed by atoms with Gasteiger partial charge < -0.3 is 15.1 Å². The van der Waals surface area contributed by atoms with Gasteiger partial charge in [0.15, 0.2) is 0 Å². The van der Waals surface area contributed by atoms with Crippen molar-refractivity contribution in [3.05, 3.63) is 35.9 Å². The molecule has 1 saturated heterocycles. The number of carboxylic acids is 2. The Kier molecular flexibility index (Phi) is 7.59. The van der Waals surface area contributed by atoms with E-state index in [0.717, 1.165) is 37.8 Å². The zero-order chi connectivity index (χ0) is 18.9.